The molecule has 28 heavy (non-hydrogen) atoms. The minimum atomic E-state index is -0.622. The van der Waals surface area contributed by atoms with Crippen LogP contribution >= 0.6 is 0 Å². The molecule has 0 spiro atoms. The minimum absolute atomic E-state index is 0.196. The van der Waals surface area contributed by atoms with Gasteiger partial charge in [-0.25, -0.2) is 0 Å². The van der Waals surface area contributed by atoms with Crippen molar-refractivity contribution in [3.8, 4) is 0 Å². The molecule has 11 atom stereocenters. The molecule has 4 N–H and O–H groups in total. The van der Waals surface area contributed by atoms with E-state index in [0.717, 1.165) is 57.8 Å². The van der Waals surface area contributed by atoms with Crippen molar-refractivity contribution in [2.45, 2.75) is 102 Å². The smallest absolute Gasteiger partial charge is 0.0591 e. The second-order valence-corrected chi connectivity index (χ2v) is 11.5. The molecule has 0 aliphatic heterocycles. The highest BCUT2D eigenvalue weighted by Crippen LogP contribution is 2.60. The fourth-order valence-corrected chi connectivity index (χ4v) is 8.07. The Kier molecular flexibility index (Phi) is 5.90. The Morgan fingerprint density at radius 1 is 0.821 bits per heavy atom. The first kappa shape index (κ1) is 21.1. The number of rotatable bonds is 4. The van der Waals surface area contributed by atoms with Crippen LogP contribution < -0.4 is 0 Å². The van der Waals surface area contributed by atoms with Gasteiger partial charge >= 0.3 is 0 Å². The van der Waals surface area contributed by atoms with Gasteiger partial charge in [-0.05, 0) is 119 Å². The molecule has 0 saturated heterocycles. The van der Waals surface area contributed by atoms with Crippen molar-refractivity contribution in [3.63, 3.8) is 0 Å². The van der Waals surface area contributed by atoms with E-state index in [0.29, 0.717) is 47.3 Å². The zero-order valence-corrected chi connectivity index (χ0v) is 18.0. The van der Waals surface area contributed by atoms with Crippen LogP contribution in [0.25, 0.3) is 0 Å². The van der Waals surface area contributed by atoms with Gasteiger partial charge in [0, 0.05) is 0 Å². The molecule has 4 aliphatic carbocycles. The van der Waals surface area contributed by atoms with Crippen LogP contribution in [-0.4, -0.2) is 44.3 Å². The highest BCUT2D eigenvalue weighted by atomic mass is 16.3. The summed E-state index contributed by atoms with van der Waals surface area (Å²) in [5.74, 6) is 3.59. The molecule has 162 valence electrons. The fourth-order valence-electron chi connectivity index (χ4n) is 8.07. The summed E-state index contributed by atoms with van der Waals surface area (Å²) in [5.41, 5.74) is -0.622. The Morgan fingerprint density at radius 2 is 1.50 bits per heavy atom. The zero-order valence-electron chi connectivity index (χ0n) is 18.0. The van der Waals surface area contributed by atoms with Crippen LogP contribution in [0, 0.1) is 47.3 Å². The molecular formula is C24H42O4. The first-order chi connectivity index (χ1) is 13.2. The van der Waals surface area contributed by atoms with Gasteiger partial charge in [-0.1, -0.05) is 6.92 Å². The van der Waals surface area contributed by atoms with E-state index in [4.69, 9.17) is 0 Å². The number of aliphatic hydroxyl groups excluding tert-OH is 3. The Hall–Kier alpha value is -0.160. The van der Waals surface area contributed by atoms with Crippen molar-refractivity contribution >= 4 is 0 Å². The summed E-state index contributed by atoms with van der Waals surface area (Å²) < 4.78 is 0. The fraction of sp³-hybridized carbons (Fsp3) is 1.00. The van der Waals surface area contributed by atoms with Crippen molar-refractivity contribution in [3.05, 3.63) is 0 Å². The highest BCUT2D eigenvalue weighted by molar-refractivity contribution is 5.06. The molecule has 11 unspecified atom stereocenters. The van der Waals surface area contributed by atoms with Gasteiger partial charge in [0.05, 0.1) is 23.9 Å². The van der Waals surface area contributed by atoms with Crippen molar-refractivity contribution in [2.75, 3.05) is 0 Å². The lowest BCUT2D eigenvalue weighted by atomic mass is 9.51. The summed E-state index contributed by atoms with van der Waals surface area (Å²) >= 11 is 0. The van der Waals surface area contributed by atoms with Crippen LogP contribution in [0.2, 0.25) is 0 Å². The van der Waals surface area contributed by atoms with Crippen LogP contribution in [0.15, 0.2) is 0 Å². The van der Waals surface area contributed by atoms with Gasteiger partial charge in [-0.15, -0.1) is 0 Å². The molecule has 4 aliphatic rings. The number of hydrogen-bond donors (Lipinski definition) is 4. The van der Waals surface area contributed by atoms with E-state index in [2.05, 4.69) is 6.92 Å². The predicted molar refractivity (Wildman–Crippen MR) is 109 cm³/mol. The predicted octanol–water partition coefficient (Wildman–Crippen LogP) is 3.35. The molecule has 4 rings (SSSR count). The second kappa shape index (κ2) is 7.83. The van der Waals surface area contributed by atoms with Crippen molar-refractivity contribution in [1.29, 1.82) is 0 Å². The van der Waals surface area contributed by atoms with Crippen molar-refractivity contribution < 1.29 is 20.4 Å². The van der Waals surface area contributed by atoms with Crippen molar-refractivity contribution in [2.24, 2.45) is 47.3 Å². The average Bonchev–Trinajstić information content (AvgIpc) is 3.04. The summed E-state index contributed by atoms with van der Waals surface area (Å²) in [5, 5.41) is 42.5. The van der Waals surface area contributed by atoms with E-state index in [1.807, 2.05) is 13.8 Å². The van der Waals surface area contributed by atoms with Gasteiger partial charge in [0.15, 0.2) is 0 Å². The number of aliphatic hydroxyl groups is 4. The van der Waals surface area contributed by atoms with Crippen LogP contribution in [-0.2, 0) is 0 Å². The van der Waals surface area contributed by atoms with E-state index < -0.39 is 5.60 Å². The maximum Gasteiger partial charge on any atom is 0.0591 e. The monoisotopic (exact) mass is 394 g/mol. The zero-order chi connectivity index (χ0) is 20.2. The molecule has 0 aromatic carbocycles. The minimum Gasteiger partial charge on any atom is -0.393 e. The molecule has 0 radical (unpaired) electrons. The molecule has 0 bridgehead atoms. The maximum atomic E-state index is 11.2. The van der Waals surface area contributed by atoms with Gasteiger partial charge in [-0.3, -0.25) is 0 Å². The molecule has 4 heteroatoms. The Labute approximate surface area is 170 Å². The third-order valence-electron chi connectivity index (χ3n) is 9.26. The summed E-state index contributed by atoms with van der Waals surface area (Å²) in [6.45, 7) is 6.06. The SMILES string of the molecule is CC(CCC(C)(C)O)C1CCC2C1C(O)CC1C3CCC(O)CC3CC(O)C12. The maximum absolute atomic E-state index is 11.2. The summed E-state index contributed by atoms with van der Waals surface area (Å²) in [7, 11) is 0. The van der Waals surface area contributed by atoms with E-state index in [9.17, 15) is 20.4 Å². The lowest BCUT2D eigenvalue weighted by Gasteiger charge is -2.56. The second-order valence-electron chi connectivity index (χ2n) is 11.5. The van der Waals surface area contributed by atoms with Crippen LogP contribution in [0.5, 0.6) is 0 Å². The first-order valence-corrected chi connectivity index (χ1v) is 11.9. The van der Waals surface area contributed by atoms with Gasteiger partial charge in [-0.2, -0.15) is 0 Å². The lowest BCUT2D eigenvalue weighted by molar-refractivity contribution is -0.146. The Balaban J connectivity index is 1.49. The largest absolute Gasteiger partial charge is 0.393 e. The van der Waals surface area contributed by atoms with Crippen molar-refractivity contribution in [1.82, 2.24) is 0 Å². The normalized spacial score (nSPS) is 49.8. The third-order valence-corrected chi connectivity index (χ3v) is 9.26. The molecule has 0 aromatic rings. The average molecular weight is 395 g/mol. The Morgan fingerprint density at radius 3 is 2.21 bits per heavy atom. The first-order valence-electron chi connectivity index (χ1n) is 11.9. The Bertz CT molecular complexity index is 543. The van der Waals surface area contributed by atoms with Gasteiger partial charge < -0.3 is 20.4 Å². The molecule has 4 nitrogen and oxygen atoms in total. The van der Waals surface area contributed by atoms with E-state index >= 15 is 0 Å². The number of fused-ring (bicyclic) bond motifs is 5. The standard InChI is InChI=1S/C24H42O4/c1-13(8-9-24(2,3)28)16-6-7-18-22(16)21(27)12-19-17-5-4-15(25)10-14(17)11-20(26)23(18)19/h13-23,25-28H,4-12H2,1-3H3. The lowest BCUT2D eigenvalue weighted by Crippen LogP contribution is -2.55. The molecule has 4 saturated carbocycles. The van der Waals surface area contributed by atoms with E-state index in [1.54, 1.807) is 0 Å². The van der Waals surface area contributed by atoms with Gasteiger partial charge in [0.25, 0.3) is 0 Å². The van der Waals surface area contributed by atoms with Gasteiger partial charge in [0.2, 0.25) is 0 Å². The third kappa shape index (κ3) is 3.91. The summed E-state index contributed by atoms with van der Waals surface area (Å²) in [4.78, 5) is 0. The number of hydrogen-bond acceptors (Lipinski definition) is 4. The van der Waals surface area contributed by atoms with Crippen LogP contribution in [0.3, 0.4) is 0 Å². The van der Waals surface area contributed by atoms with E-state index in [-0.39, 0.29) is 18.3 Å². The summed E-state index contributed by atoms with van der Waals surface area (Å²) in [6.07, 6.45) is 7.88. The quantitative estimate of drug-likeness (QED) is 0.589. The van der Waals surface area contributed by atoms with Gasteiger partial charge in [0.1, 0.15) is 0 Å². The molecule has 0 aromatic heterocycles. The molecule has 0 amide bonds. The van der Waals surface area contributed by atoms with Crippen LogP contribution in [0.4, 0.5) is 0 Å². The molecule has 4 fully saturated rings. The van der Waals surface area contributed by atoms with E-state index in [1.165, 1.54) is 0 Å². The highest BCUT2D eigenvalue weighted by Gasteiger charge is 2.57. The molecular weight excluding hydrogens is 352 g/mol. The van der Waals surface area contributed by atoms with Crippen LogP contribution in [0.1, 0.15) is 78.6 Å². The summed E-state index contributed by atoms with van der Waals surface area (Å²) in [6, 6.07) is 0. The molecule has 0 heterocycles. The topological polar surface area (TPSA) is 80.9 Å².